The van der Waals surface area contributed by atoms with Crippen LogP contribution in [0.3, 0.4) is 0 Å². The fourth-order valence-electron chi connectivity index (χ4n) is 3.33. The van der Waals surface area contributed by atoms with E-state index in [1.807, 2.05) is 20.8 Å². The zero-order valence-electron chi connectivity index (χ0n) is 15.0. The lowest BCUT2D eigenvalue weighted by atomic mass is 9.83. The van der Waals surface area contributed by atoms with Gasteiger partial charge in [0.15, 0.2) is 0 Å². The molecule has 0 unspecified atom stereocenters. The predicted molar refractivity (Wildman–Crippen MR) is 87.4 cm³/mol. The first-order chi connectivity index (χ1) is 10.5. The van der Waals surface area contributed by atoms with E-state index in [2.05, 4.69) is 18.7 Å². The SMILES string of the molecule is CC(C)N(CC1CC1)C1(CC(=O)O)CN(C(=O)OC(C)(C)C)C1. The molecule has 1 aliphatic heterocycles. The molecule has 2 aliphatic rings. The van der Waals surface area contributed by atoms with Gasteiger partial charge in [-0.1, -0.05) is 0 Å². The van der Waals surface area contributed by atoms with Crippen LogP contribution in [0.15, 0.2) is 0 Å². The molecule has 6 heteroatoms. The van der Waals surface area contributed by atoms with E-state index in [1.54, 1.807) is 4.90 Å². The van der Waals surface area contributed by atoms with Crippen LogP contribution < -0.4 is 0 Å². The number of nitrogens with zero attached hydrogens (tertiary/aromatic N) is 2. The summed E-state index contributed by atoms with van der Waals surface area (Å²) < 4.78 is 5.39. The van der Waals surface area contributed by atoms with Gasteiger partial charge in [-0.3, -0.25) is 9.69 Å². The van der Waals surface area contributed by atoms with Crippen LogP contribution >= 0.6 is 0 Å². The first-order valence-electron chi connectivity index (χ1n) is 8.49. The van der Waals surface area contributed by atoms with Gasteiger partial charge in [0.25, 0.3) is 0 Å². The molecule has 2 fully saturated rings. The van der Waals surface area contributed by atoms with E-state index in [-0.39, 0.29) is 18.6 Å². The number of hydrogen-bond acceptors (Lipinski definition) is 4. The van der Waals surface area contributed by atoms with Crippen LogP contribution in [-0.2, 0) is 9.53 Å². The van der Waals surface area contributed by atoms with E-state index >= 15 is 0 Å². The zero-order chi connectivity index (χ0) is 17.4. The van der Waals surface area contributed by atoms with Crippen molar-refractivity contribution in [1.29, 1.82) is 0 Å². The van der Waals surface area contributed by atoms with Gasteiger partial charge >= 0.3 is 12.1 Å². The van der Waals surface area contributed by atoms with Gasteiger partial charge in [0.2, 0.25) is 0 Å². The first kappa shape index (κ1) is 18.0. The van der Waals surface area contributed by atoms with Crippen LogP contribution in [-0.4, -0.2) is 63.8 Å². The molecule has 1 aliphatic carbocycles. The average molecular weight is 326 g/mol. The molecule has 0 aromatic rings. The second-order valence-electron chi connectivity index (χ2n) is 8.32. The van der Waals surface area contributed by atoms with Crippen LogP contribution in [0.25, 0.3) is 0 Å². The summed E-state index contributed by atoms with van der Waals surface area (Å²) in [6, 6.07) is 0.260. The third-order valence-electron chi connectivity index (χ3n) is 4.49. The third-order valence-corrected chi connectivity index (χ3v) is 4.49. The number of aliphatic carboxylic acids is 1. The second kappa shape index (κ2) is 6.30. The van der Waals surface area contributed by atoms with Crippen LogP contribution in [0.1, 0.15) is 53.9 Å². The number of carbonyl (C=O) groups is 2. The molecule has 0 radical (unpaired) electrons. The lowest BCUT2D eigenvalue weighted by molar-refractivity contribution is -0.147. The highest BCUT2D eigenvalue weighted by Gasteiger charge is 2.53. The van der Waals surface area contributed by atoms with Gasteiger partial charge in [0.05, 0.1) is 12.0 Å². The molecule has 0 aromatic heterocycles. The van der Waals surface area contributed by atoms with Crippen molar-refractivity contribution in [3.63, 3.8) is 0 Å². The minimum atomic E-state index is -0.810. The minimum absolute atomic E-state index is 0.0667. The van der Waals surface area contributed by atoms with Gasteiger partial charge in [-0.15, -0.1) is 0 Å². The molecule has 2 rings (SSSR count). The number of carboxylic acid groups (broad SMARTS) is 1. The molecule has 1 heterocycles. The van der Waals surface area contributed by atoms with Crippen LogP contribution in [0.5, 0.6) is 0 Å². The minimum Gasteiger partial charge on any atom is -0.481 e. The van der Waals surface area contributed by atoms with Crippen molar-refractivity contribution >= 4 is 12.1 Å². The maximum absolute atomic E-state index is 12.2. The van der Waals surface area contributed by atoms with Crippen LogP contribution in [0.2, 0.25) is 0 Å². The summed E-state index contributed by atoms with van der Waals surface area (Å²) >= 11 is 0. The van der Waals surface area contributed by atoms with Crippen LogP contribution in [0, 0.1) is 5.92 Å². The molecule has 0 atom stereocenters. The van der Waals surface area contributed by atoms with Crippen molar-refractivity contribution < 1.29 is 19.4 Å². The van der Waals surface area contributed by atoms with E-state index in [0.29, 0.717) is 19.0 Å². The van der Waals surface area contributed by atoms with E-state index in [1.165, 1.54) is 12.8 Å². The number of carbonyl (C=O) groups excluding carboxylic acids is 1. The van der Waals surface area contributed by atoms with Crippen molar-refractivity contribution in [2.24, 2.45) is 5.92 Å². The van der Waals surface area contributed by atoms with Crippen LogP contribution in [0.4, 0.5) is 4.79 Å². The Labute approximate surface area is 138 Å². The molecule has 6 nitrogen and oxygen atoms in total. The number of hydrogen-bond donors (Lipinski definition) is 1. The van der Waals surface area contributed by atoms with E-state index in [4.69, 9.17) is 4.74 Å². The van der Waals surface area contributed by atoms with Gasteiger partial charge in [-0.2, -0.15) is 0 Å². The predicted octanol–water partition coefficient (Wildman–Crippen LogP) is 2.57. The zero-order valence-corrected chi connectivity index (χ0v) is 15.0. The Balaban J connectivity index is 2.06. The maximum Gasteiger partial charge on any atom is 0.410 e. The smallest absolute Gasteiger partial charge is 0.410 e. The maximum atomic E-state index is 12.2. The van der Waals surface area contributed by atoms with E-state index < -0.39 is 17.1 Å². The lowest BCUT2D eigenvalue weighted by Gasteiger charge is -2.56. The molecule has 1 N–H and O–H groups in total. The van der Waals surface area contributed by atoms with Crippen molar-refractivity contribution in [2.45, 2.75) is 71.1 Å². The van der Waals surface area contributed by atoms with Crippen molar-refractivity contribution in [3.8, 4) is 0 Å². The molecular formula is C17H30N2O4. The summed E-state index contributed by atoms with van der Waals surface area (Å²) in [7, 11) is 0. The van der Waals surface area contributed by atoms with Gasteiger partial charge in [0, 0.05) is 25.7 Å². The third kappa shape index (κ3) is 4.59. The standard InChI is InChI=1S/C17H30N2O4/c1-12(2)19(9-13-6-7-13)17(8-14(20)21)10-18(11-17)15(22)23-16(3,4)5/h12-13H,6-11H2,1-5H3,(H,20,21). The number of likely N-dealkylation sites (tertiary alicyclic amines) is 1. The second-order valence-corrected chi connectivity index (χ2v) is 8.32. The monoisotopic (exact) mass is 326 g/mol. The van der Waals surface area contributed by atoms with Gasteiger partial charge < -0.3 is 14.7 Å². The Morgan fingerprint density at radius 1 is 1.30 bits per heavy atom. The fourth-order valence-corrected chi connectivity index (χ4v) is 3.33. The highest BCUT2D eigenvalue weighted by Crippen LogP contribution is 2.38. The normalized spacial score (nSPS) is 20.6. The van der Waals surface area contributed by atoms with Crippen molar-refractivity contribution in [3.05, 3.63) is 0 Å². The molecule has 0 aromatic carbocycles. The Morgan fingerprint density at radius 2 is 1.87 bits per heavy atom. The van der Waals surface area contributed by atoms with Gasteiger partial charge in [-0.25, -0.2) is 4.79 Å². The highest BCUT2D eigenvalue weighted by molar-refractivity contribution is 5.73. The summed E-state index contributed by atoms with van der Waals surface area (Å²) in [5, 5.41) is 9.34. The summed E-state index contributed by atoms with van der Waals surface area (Å²) in [5.74, 6) is -0.131. The van der Waals surface area contributed by atoms with E-state index in [9.17, 15) is 14.7 Å². The number of amides is 1. The molecular weight excluding hydrogens is 296 g/mol. The Bertz CT molecular complexity index is 460. The average Bonchev–Trinajstić information content (AvgIpc) is 3.11. The summed E-state index contributed by atoms with van der Waals surface area (Å²) in [6.45, 7) is 11.5. The highest BCUT2D eigenvalue weighted by atomic mass is 16.6. The number of ether oxygens (including phenoxy) is 1. The van der Waals surface area contributed by atoms with E-state index in [0.717, 1.165) is 6.54 Å². The first-order valence-corrected chi connectivity index (χ1v) is 8.49. The lowest BCUT2D eigenvalue weighted by Crippen LogP contribution is -2.73. The molecule has 132 valence electrons. The molecule has 0 spiro atoms. The number of rotatable bonds is 6. The Kier molecular flexibility index (Phi) is 4.95. The topological polar surface area (TPSA) is 70.1 Å². The van der Waals surface area contributed by atoms with Gasteiger partial charge in [0.1, 0.15) is 5.60 Å². The summed E-state index contributed by atoms with van der Waals surface area (Å²) in [4.78, 5) is 27.5. The summed E-state index contributed by atoms with van der Waals surface area (Å²) in [6.07, 6.45) is 2.16. The molecule has 1 saturated heterocycles. The molecule has 23 heavy (non-hydrogen) atoms. The molecule has 1 saturated carbocycles. The van der Waals surface area contributed by atoms with Gasteiger partial charge in [-0.05, 0) is 53.4 Å². The quantitative estimate of drug-likeness (QED) is 0.812. The number of carboxylic acids is 1. The van der Waals surface area contributed by atoms with Crippen molar-refractivity contribution in [2.75, 3.05) is 19.6 Å². The Morgan fingerprint density at radius 3 is 2.26 bits per heavy atom. The van der Waals surface area contributed by atoms with Crippen molar-refractivity contribution in [1.82, 2.24) is 9.80 Å². The molecule has 0 bridgehead atoms. The fraction of sp³-hybridized carbons (Fsp3) is 0.882. The summed E-state index contributed by atoms with van der Waals surface area (Å²) in [5.41, 5.74) is -0.993. The Hall–Kier alpha value is -1.30. The largest absolute Gasteiger partial charge is 0.481 e. The molecule has 1 amide bonds.